The summed E-state index contributed by atoms with van der Waals surface area (Å²) in [6.45, 7) is 4.27. The maximum absolute atomic E-state index is 13.9. The van der Waals surface area contributed by atoms with Gasteiger partial charge in [0.1, 0.15) is 6.17 Å². The molecule has 1 nitrogen and oxygen atoms in total. The third kappa shape index (κ3) is 7.03. The van der Waals surface area contributed by atoms with Crippen molar-refractivity contribution < 1.29 is 4.39 Å². The van der Waals surface area contributed by atoms with E-state index in [-0.39, 0.29) is 0 Å². The van der Waals surface area contributed by atoms with Crippen molar-refractivity contribution in [2.45, 2.75) is 77.3 Å². The third-order valence-corrected chi connectivity index (χ3v) is 3.98. The van der Waals surface area contributed by atoms with Gasteiger partial charge in [0.05, 0.1) is 0 Å². The molecule has 1 unspecified atom stereocenters. The van der Waals surface area contributed by atoms with Crippen molar-refractivity contribution >= 4 is 0 Å². The van der Waals surface area contributed by atoms with E-state index in [1.807, 2.05) is 0 Å². The van der Waals surface area contributed by atoms with Crippen LogP contribution in [0.5, 0.6) is 0 Å². The summed E-state index contributed by atoms with van der Waals surface area (Å²) in [5, 5.41) is 3.30. The fraction of sp³-hybridized carbons (Fsp3) is 1.00. The van der Waals surface area contributed by atoms with Crippen LogP contribution in [0.2, 0.25) is 0 Å². The molecular weight excluding hydrogens is 213 g/mol. The van der Waals surface area contributed by atoms with Gasteiger partial charge in [0.2, 0.25) is 0 Å². The molecule has 102 valence electrons. The molecule has 0 aromatic heterocycles. The molecule has 0 radical (unpaired) electrons. The average Bonchev–Trinajstić information content (AvgIpc) is 2.38. The van der Waals surface area contributed by atoms with Crippen LogP contribution in [0.1, 0.15) is 71.1 Å². The lowest BCUT2D eigenvalue weighted by molar-refractivity contribution is 0.173. The van der Waals surface area contributed by atoms with Gasteiger partial charge in [0.15, 0.2) is 0 Å². The van der Waals surface area contributed by atoms with Gasteiger partial charge in [-0.2, -0.15) is 0 Å². The summed E-state index contributed by atoms with van der Waals surface area (Å²) in [5.41, 5.74) is 0. The van der Waals surface area contributed by atoms with Gasteiger partial charge in [0, 0.05) is 0 Å². The number of hydrogen-bond donors (Lipinski definition) is 1. The van der Waals surface area contributed by atoms with Crippen LogP contribution < -0.4 is 5.32 Å². The molecule has 0 aromatic rings. The molecule has 17 heavy (non-hydrogen) atoms. The van der Waals surface area contributed by atoms with E-state index in [1.54, 1.807) is 0 Å². The standard InChI is InChI=1S/C15H30FN/c1-2-3-4-5-6-7-8-9-15(16)14-10-12-17-13-11-14/h14-15,17H,2-13H2,1H3. The van der Waals surface area contributed by atoms with Crippen LogP contribution in [0.15, 0.2) is 0 Å². The molecule has 1 heterocycles. The first-order valence-corrected chi connectivity index (χ1v) is 7.69. The zero-order valence-electron chi connectivity index (χ0n) is 11.5. The summed E-state index contributed by atoms with van der Waals surface area (Å²) >= 11 is 0. The highest BCUT2D eigenvalue weighted by atomic mass is 19.1. The van der Waals surface area contributed by atoms with Crippen molar-refractivity contribution in [3.8, 4) is 0 Å². The highest BCUT2D eigenvalue weighted by Crippen LogP contribution is 2.23. The molecular formula is C15H30FN. The molecule has 1 aliphatic rings. The highest BCUT2D eigenvalue weighted by molar-refractivity contribution is 4.75. The van der Waals surface area contributed by atoms with E-state index in [2.05, 4.69) is 12.2 Å². The fourth-order valence-corrected chi connectivity index (χ4v) is 2.74. The number of rotatable bonds is 9. The normalized spacial score (nSPS) is 19.4. The molecule has 0 amide bonds. The van der Waals surface area contributed by atoms with E-state index < -0.39 is 6.17 Å². The Kier molecular flexibility index (Phi) is 8.68. The Morgan fingerprint density at radius 1 is 1.00 bits per heavy atom. The Morgan fingerprint density at radius 3 is 2.24 bits per heavy atom. The SMILES string of the molecule is CCCCCCCCCC(F)C1CCNCC1. The predicted molar refractivity (Wildman–Crippen MR) is 73.1 cm³/mol. The summed E-state index contributed by atoms with van der Waals surface area (Å²) in [6, 6.07) is 0. The summed E-state index contributed by atoms with van der Waals surface area (Å²) in [7, 11) is 0. The minimum atomic E-state index is -0.534. The summed E-state index contributed by atoms with van der Waals surface area (Å²) in [5.74, 6) is 0.344. The molecule has 1 N–H and O–H groups in total. The van der Waals surface area contributed by atoms with E-state index in [9.17, 15) is 4.39 Å². The molecule has 0 spiro atoms. The van der Waals surface area contributed by atoms with Crippen LogP contribution in [0, 0.1) is 5.92 Å². The molecule has 0 aliphatic carbocycles. The maximum Gasteiger partial charge on any atom is 0.103 e. The summed E-state index contributed by atoms with van der Waals surface area (Å²) in [6.07, 6.45) is 11.4. The van der Waals surface area contributed by atoms with Gasteiger partial charge < -0.3 is 5.32 Å². The van der Waals surface area contributed by atoms with Gasteiger partial charge in [-0.3, -0.25) is 0 Å². The van der Waals surface area contributed by atoms with E-state index in [1.165, 1.54) is 38.5 Å². The third-order valence-electron chi connectivity index (χ3n) is 3.98. The first kappa shape index (κ1) is 14.9. The van der Waals surface area contributed by atoms with Gasteiger partial charge in [-0.05, 0) is 38.3 Å². The zero-order chi connectivity index (χ0) is 12.3. The second-order valence-corrected chi connectivity index (χ2v) is 5.51. The molecule has 1 aliphatic heterocycles. The molecule has 1 atom stereocenters. The first-order chi connectivity index (χ1) is 8.34. The van der Waals surface area contributed by atoms with Crippen LogP contribution in [0.25, 0.3) is 0 Å². The van der Waals surface area contributed by atoms with Gasteiger partial charge in [-0.1, -0.05) is 51.9 Å². The van der Waals surface area contributed by atoms with Crippen molar-refractivity contribution in [2.24, 2.45) is 5.92 Å². The second kappa shape index (κ2) is 9.87. The predicted octanol–water partition coefficient (Wildman–Crippen LogP) is 4.46. The van der Waals surface area contributed by atoms with Crippen LogP contribution in [-0.2, 0) is 0 Å². The number of nitrogens with one attached hydrogen (secondary N) is 1. The Balaban J connectivity index is 1.90. The van der Waals surface area contributed by atoms with E-state index >= 15 is 0 Å². The number of hydrogen-bond acceptors (Lipinski definition) is 1. The average molecular weight is 243 g/mol. The molecule has 0 aromatic carbocycles. The lowest BCUT2D eigenvalue weighted by Crippen LogP contribution is -2.32. The molecule has 0 saturated carbocycles. The number of alkyl halides is 1. The monoisotopic (exact) mass is 243 g/mol. The first-order valence-electron chi connectivity index (χ1n) is 7.69. The van der Waals surface area contributed by atoms with Gasteiger partial charge in [0.25, 0.3) is 0 Å². The second-order valence-electron chi connectivity index (χ2n) is 5.51. The van der Waals surface area contributed by atoms with Crippen LogP contribution >= 0.6 is 0 Å². The van der Waals surface area contributed by atoms with E-state index in [4.69, 9.17) is 0 Å². The van der Waals surface area contributed by atoms with Crippen LogP contribution in [0.4, 0.5) is 4.39 Å². The van der Waals surface area contributed by atoms with E-state index in [0.29, 0.717) is 5.92 Å². The van der Waals surface area contributed by atoms with Gasteiger partial charge >= 0.3 is 0 Å². The molecule has 0 bridgehead atoms. The largest absolute Gasteiger partial charge is 0.317 e. The molecule has 1 rings (SSSR count). The lowest BCUT2D eigenvalue weighted by atomic mass is 9.90. The fourth-order valence-electron chi connectivity index (χ4n) is 2.74. The van der Waals surface area contributed by atoms with Crippen molar-refractivity contribution in [3.05, 3.63) is 0 Å². The quantitative estimate of drug-likeness (QED) is 0.589. The van der Waals surface area contributed by atoms with Crippen molar-refractivity contribution in [2.75, 3.05) is 13.1 Å². The number of halogens is 1. The molecule has 1 saturated heterocycles. The van der Waals surface area contributed by atoms with Gasteiger partial charge in [-0.25, -0.2) is 4.39 Å². The van der Waals surface area contributed by atoms with Gasteiger partial charge in [-0.15, -0.1) is 0 Å². The number of piperidine rings is 1. The Hall–Kier alpha value is -0.110. The zero-order valence-corrected chi connectivity index (χ0v) is 11.5. The van der Waals surface area contributed by atoms with Crippen molar-refractivity contribution in [3.63, 3.8) is 0 Å². The lowest BCUT2D eigenvalue weighted by Gasteiger charge is -2.25. The smallest absolute Gasteiger partial charge is 0.103 e. The topological polar surface area (TPSA) is 12.0 Å². The number of unbranched alkanes of at least 4 members (excludes halogenated alkanes) is 6. The van der Waals surface area contributed by atoms with E-state index in [0.717, 1.165) is 38.8 Å². The van der Waals surface area contributed by atoms with Crippen molar-refractivity contribution in [1.82, 2.24) is 5.32 Å². The Morgan fingerprint density at radius 2 is 1.59 bits per heavy atom. The molecule has 1 fully saturated rings. The van der Waals surface area contributed by atoms with Crippen LogP contribution in [0.3, 0.4) is 0 Å². The molecule has 2 heteroatoms. The Bertz CT molecular complexity index is 166. The maximum atomic E-state index is 13.9. The minimum Gasteiger partial charge on any atom is -0.317 e. The highest BCUT2D eigenvalue weighted by Gasteiger charge is 2.22. The minimum absolute atomic E-state index is 0.344. The summed E-state index contributed by atoms with van der Waals surface area (Å²) in [4.78, 5) is 0. The van der Waals surface area contributed by atoms with Crippen molar-refractivity contribution in [1.29, 1.82) is 0 Å². The Labute approximate surface area is 107 Å². The summed E-state index contributed by atoms with van der Waals surface area (Å²) < 4.78 is 13.9. The van der Waals surface area contributed by atoms with Crippen LogP contribution in [-0.4, -0.2) is 19.3 Å².